The maximum Gasteiger partial charge on any atom is 0.420 e. The first-order valence-electron chi connectivity index (χ1n) is 15.3. The van der Waals surface area contributed by atoms with E-state index in [1.807, 2.05) is 12.1 Å². The lowest BCUT2D eigenvalue weighted by atomic mass is 10.1. The van der Waals surface area contributed by atoms with E-state index in [0.29, 0.717) is 62.2 Å². The highest BCUT2D eigenvalue weighted by Gasteiger charge is 2.39. The van der Waals surface area contributed by atoms with Gasteiger partial charge in [0.05, 0.1) is 21.2 Å². The molecule has 2 aromatic heterocycles. The van der Waals surface area contributed by atoms with E-state index < -0.39 is 39.2 Å². The van der Waals surface area contributed by atoms with Gasteiger partial charge in [0.1, 0.15) is 16.5 Å². The monoisotopic (exact) mass is 675 g/mol. The lowest BCUT2D eigenvalue weighted by molar-refractivity contribution is -0.137. The Morgan fingerprint density at radius 3 is 2.61 bits per heavy atom. The normalized spacial score (nSPS) is 22.0. The molecule has 6 heterocycles. The minimum atomic E-state index is -4.83. The number of fused-ring (bicyclic) bond motifs is 7. The predicted octanol–water partition coefficient (Wildman–Crippen LogP) is 3.76. The predicted molar refractivity (Wildman–Crippen MR) is 166 cm³/mol. The standard InChI is InChI=1S/C30H32F3N7O4S2/c31-30(32,33)20-15-36-29-37-21-6-5-18(13-19(21)17-3-4-17)40-10-8-34-22(16-40)27(41)35-7-1-2-9-39-11-12-46(43,44)24-14-23(25(20)38-29)45-26(24)28(39)42/h5-6,13-15,17,22,34H,1-4,7-12,16H2,(H,35,41)(H,36,37,38). The number of nitrogens with one attached hydrogen (secondary N) is 3. The van der Waals surface area contributed by atoms with Crippen LogP contribution in [0, 0.1) is 0 Å². The molecule has 0 radical (unpaired) electrons. The first-order valence-corrected chi connectivity index (χ1v) is 17.7. The van der Waals surface area contributed by atoms with E-state index in [2.05, 4.69) is 36.9 Å². The molecular weight excluding hydrogens is 644 g/mol. The van der Waals surface area contributed by atoms with Crippen LogP contribution in [0.4, 0.5) is 30.5 Å². The number of carbonyl (C=O) groups is 2. The van der Waals surface area contributed by atoms with Crippen LogP contribution in [0.5, 0.6) is 0 Å². The molecule has 2 fully saturated rings. The Labute approximate surface area is 267 Å². The van der Waals surface area contributed by atoms with Crippen LogP contribution in [0.3, 0.4) is 0 Å². The maximum atomic E-state index is 14.2. The number of amides is 2. The number of aromatic nitrogens is 2. The Morgan fingerprint density at radius 1 is 1.00 bits per heavy atom. The number of rotatable bonds is 1. The van der Waals surface area contributed by atoms with Crippen molar-refractivity contribution >= 4 is 50.3 Å². The Balaban J connectivity index is 1.33. The van der Waals surface area contributed by atoms with Crippen molar-refractivity contribution in [1.29, 1.82) is 0 Å². The topological polar surface area (TPSA) is 137 Å². The van der Waals surface area contributed by atoms with Gasteiger partial charge in [0, 0.05) is 56.8 Å². The molecule has 3 N–H and O–H groups in total. The van der Waals surface area contributed by atoms with Gasteiger partial charge in [-0.05, 0) is 61.4 Å². The smallest absolute Gasteiger partial charge is 0.368 e. The molecule has 1 aromatic carbocycles. The maximum absolute atomic E-state index is 14.2. The zero-order valence-electron chi connectivity index (χ0n) is 24.7. The van der Waals surface area contributed by atoms with Gasteiger partial charge in [0.15, 0.2) is 9.84 Å². The fourth-order valence-corrected chi connectivity index (χ4v) is 9.10. The van der Waals surface area contributed by atoms with E-state index in [9.17, 15) is 31.2 Å². The number of nitrogens with zero attached hydrogens (tertiary/aromatic N) is 4. The molecule has 1 saturated heterocycles. The van der Waals surface area contributed by atoms with Crippen LogP contribution in [0.25, 0.3) is 10.6 Å². The van der Waals surface area contributed by atoms with E-state index in [1.165, 1.54) is 4.90 Å². The highest BCUT2D eigenvalue weighted by molar-refractivity contribution is 7.91. The number of thiophene rings is 1. The summed E-state index contributed by atoms with van der Waals surface area (Å²) in [6, 6.07) is 6.52. The van der Waals surface area contributed by atoms with E-state index >= 15 is 0 Å². The van der Waals surface area contributed by atoms with Crippen molar-refractivity contribution in [3.63, 3.8) is 0 Å². The Hall–Kier alpha value is -3.76. The molecule has 3 aromatic rings. The minimum Gasteiger partial charge on any atom is -0.368 e. The minimum absolute atomic E-state index is 0.0384. The quantitative estimate of drug-likeness (QED) is 0.352. The van der Waals surface area contributed by atoms with E-state index in [4.69, 9.17) is 0 Å². The van der Waals surface area contributed by atoms with Crippen LogP contribution >= 0.6 is 11.3 Å². The number of hydrogen-bond acceptors (Lipinski definition) is 10. The average Bonchev–Trinajstić information content (AvgIpc) is 3.78. The summed E-state index contributed by atoms with van der Waals surface area (Å²) in [4.78, 5) is 37.9. The summed E-state index contributed by atoms with van der Waals surface area (Å²) < 4.78 is 69.2. The molecule has 46 heavy (non-hydrogen) atoms. The lowest BCUT2D eigenvalue weighted by Crippen LogP contribution is -2.57. The van der Waals surface area contributed by atoms with Gasteiger partial charge in [-0.15, -0.1) is 11.3 Å². The van der Waals surface area contributed by atoms with Crippen molar-refractivity contribution in [1.82, 2.24) is 25.5 Å². The van der Waals surface area contributed by atoms with Crippen LogP contribution in [-0.4, -0.2) is 86.2 Å². The van der Waals surface area contributed by atoms with Gasteiger partial charge in [-0.3, -0.25) is 9.59 Å². The van der Waals surface area contributed by atoms with Crippen LogP contribution in [0.1, 0.15) is 52.4 Å². The van der Waals surface area contributed by atoms with Crippen molar-refractivity contribution in [3.05, 3.63) is 46.5 Å². The fraction of sp³-hybridized carbons (Fsp3) is 0.467. The van der Waals surface area contributed by atoms with Crippen molar-refractivity contribution in [3.8, 4) is 10.6 Å². The number of hydrogen-bond donors (Lipinski definition) is 3. The zero-order chi connectivity index (χ0) is 32.2. The van der Waals surface area contributed by atoms with E-state index in [0.717, 1.165) is 30.2 Å². The lowest BCUT2D eigenvalue weighted by Gasteiger charge is -2.35. The number of alkyl halides is 3. The molecule has 0 spiro atoms. The molecule has 1 saturated carbocycles. The summed E-state index contributed by atoms with van der Waals surface area (Å²) in [6.07, 6.45) is -1.16. The van der Waals surface area contributed by atoms with Crippen LogP contribution in [-0.2, 0) is 20.8 Å². The summed E-state index contributed by atoms with van der Waals surface area (Å²) in [7, 11) is -3.96. The van der Waals surface area contributed by atoms with Crippen LogP contribution in [0.2, 0.25) is 0 Å². The van der Waals surface area contributed by atoms with Gasteiger partial charge in [-0.25, -0.2) is 18.4 Å². The third-order valence-corrected chi connectivity index (χ3v) is 11.8. The Morgan fingerprint density at radius 2 is 1.83 bits per heavy atom. The average molecular weight is 676 g/mol. The van der Waals surface area contributed by atoms with Crippen molar-refractivity contribution < 1.29 is 31.2 Å². The van der Waals surface area contributed by atoms with Crippen LogP contribution < -0.4 is 20.9 Å². The SMILES string of the molecule is O=C1NCCCCN2CCS(=O)(=O)c3cc(sc3C2=O)-c2nc(ncc2C(F)(F)F)Nc2ccc(cc2C2CC2)N2CCNC1C2. The molecule has 2 amide bonds. The fourth-order valence-electron chi connectivity index (χ4n) is 6.14. The highest BCUT2D eigenvalue weighted by Crippen LogP contribution is 2.46. The molecule has 11 nitrogen and oxygen atoms in total. The first kappa shape index (κ1) is 30.9. The number of carbonyl (C=O) groups excluding carboxylic acids is 2. The number of piperazine rings is 1. The van der Waals surface area contributed by atoms with Gasteiger partial charge in [-0.2, -0.15) is 13.2 Å². The van der Waals surface area contributed by atoms with Gasteiger partial charge in [-0.1, -0.05) is 0 Å². The van der Waals surface area contributed by atoms with E-state index in [-0.39, 0.29) is 51.3 Å². The molecule has 9 bridgehead atoms. The largest absolute Gasteiger partial charge is 0.420 e. The van der Waals surface area contributed by atoms with Crippen molar-refractivity contribution in [2.45, 2.75) is 48.7 Å². The molecule has 1 atom stereocenters. The van der Waals surface area contributed by atoms with Gasteiger partial charge >= 0.3 is 6.18 Å². The summed E-state index contributed by atoms with van der Waals surface area (Å²) in [5.41, 5.74) is 0.954. The van der Waals surface area contributed by atoms with Crippen molar-refractivity contribution in [2.24, 2.45) is 0 Å². The molecule has 1 aliphatic carbocycles. The molecule has 244 valence electrons. The third-order valence-electron chi connectivity index (χ3n) is 8.78. The Kier molecular flexibility index (Phi) is 7.92. The summed E-state index contributed by atoms with van der Waals surface area (Å²) >= 11 is 0.691. The van der Waals surface area contributed by atoms with E-state index in [1.54, 1.807) is 0 Å². The van der Waals surface area contributed by atoms with Gasteiger partial charge in [0.2, 0.25) is 11.9 Å². The number of benzene rings is 1. The van der Waals surface area contributed by atoms with Gasteiger partial charge in [0.25, 0.3) is 5.91 Å². The Bertz CT molecular complexity index is 1810. The molecule has 4 aliphatic heterocycles. The number of sulfone groups is 1. The molecule has 16 heteroatoms. The second-order valence-electron chi connectivity index (χ2n) is 12.0. The third kappa shape index (κ3) is 6.05. The van der Waals surface area contributed by atoms with Crippen LogP contribution in [0.15, 0.2) is 35.4 Å². The second kappa shape index (κ2) is 11.8. The molecular formula is C30H32F3N7O4S2. The summed E-state index contributed by atoms with van der Waals surface area (Å²) in [6.45, 7) is 2.37. The van der Waals surface area contributed by atoms with Crippen molar-refractivity contribution in [2.75, 3.05) is 55.2 Å². The molecule has 8 rings (SSSR count). The number of halogens is 3. The molecule has 1 unspecified atom stereocenters. The number of anilines is 3. The zero-order valence-corrected chi connectivity index (χ0v) is 26.3. The molecule has 5 aliphatic rings. The second-order valence-corrected chi connectivity index (χ2v) is 15.1. The highest BCUT2D eigenvalue weighted by atomic mass is 32.2. The summed E-state index contributed by atoms with van der Waals surface area (Å²) in [5.74, 6) is -0.852. The van der Waals surface area contributed by atoms with Gasteiger partial charge < -0.3 is 25.8 Å². The summed E-state index contributed by atoms with van der Waals surface area (Å²) in [5, 5.41) is 9.35. The first-order chi connectivity index (χ1) is 22.0.